The molecule has 0 unspecified atom stereocenters. The van der Waals surface area contributed by atoms with Crippen LogP contribution < -0.4 is 11.2 Å². The van der Waals surface area contributed by atoms with Gasteiger partial charge in [-0.3, -0.25) is 28.5 Å². The summed E-state index contributed by atoms with van der Waals surface area (Å²) in [6.45, 7) is 2.23. The van der Waals surface area contributed by atoms with Gasteiger partial charge in [0.05, 0.1) is 28.7 Å². The van der Waals surface area contributed by atoms with Crippen LogP contribution in [0.3, 0.4) is 0 Å². The molecule has 3 aromatic rings. The van der Waals surface area contributed by atoms with Gasteiger partial charge in [-0.25, -0.2) is 4.79 Å². The average molecular weight is 601 g/mol. The van der Waals surface area contributed by atoms with Gasteiger partial charge >= 0.3 is 5.69 Å². The zero-order valence-electron chi connectivity index (χ0n) is 20.2. The second-order valence-corrected chi connectivity index (χ2v) is 10.7. The maximum atomic E-state index is 13.4. The van der Waals surface area contributed by atoms with Crippen LogP contribution in [0.5, 0.6) is 0 Å². The van der Waals surface area contributed by atoms with Crippen LogP contribution in [-0.4, -0.2) is 61.9 Å². The van der Waals surface area contributed by atoms with Gasteiger partial charge in [0.15, 0.2) is 0 Å². The summed E-state index contributed by atoms with van der Waals surface area (Å²) in [5, 5.41) is 0.450. The van der Waals surface area contributed by atoms with E-state index in [1.807, 2.05) is 4.90 Å². The molecule has 0 bridgehead atoms. The first kappa shape index (κ1) is 24.7. The molecule has 0 radical (unpaired) electrons. The van der Waals surface area contributed by atoms with E-state index in [0.717, 1.165) is 33.8 Å². The van der Waals surface area contributed by atoms with Gasteiger partial charge < -0.3 is 9.80 Å². The molecule has 1 aromatic carbocycles. The zero-order chi connectivity index (χ0) is 25.4. The number of hydrogen-bond donors (Lipinski definition) is 0. The number of carbonyl (C=O) groups is 2. The number of para-hydroxylation sites is 1. The fourth-order valence-corrected chi connectivity index (χ4v) is 5.75. The minimum Gasteiger partial charge on any atom is -0.339 e. The number of carbonyl (C=O) groups excluding carboxylic acids is 2. The van der Waals surface area contributed by atoms with Crippen molar-refractivity contribution in [1.29, 1.82) is 0 Å². The molecule has 0 N–H and O–H groups in total. The molecule has 1 saturated heterocycles. The highest BCUT2D eigenvalue weighted by Crippen LogP contribution is 2.27. The summed E-state index contributed by atoms with van der Waals surface area (Å²) in [4.78, 5) is 59.7. The Morgan fingerprint density at radius 1 is 1.03 bits per heavy atom. The Balaban J connectivity index is 1.36. The van der Waals surface area contributed by atoms with Gasteiger partial charge in [0.2, 0.25) is 5.91 Å². The smallest absolute Gasteiger partial charge is 0.331 e. The number of piperazine rings is 1. The maximum absolute atomic E-state index is 13.4. The third-order valence-electron chi connectivity index (χ3n) is 7.29. The Bertz CT molecular complexity index is 1450. The summed E-state index contributed by atoms with van der Waals surface area (Å²) >= 11 is 2.10. The summed E-state index contributed by atoms with van der Waals surface area (Å²) in [5.41, 5.74) is 0.832. The number of benzene rings is 1. The van der Waals surface area contributed by atoms with Gasteiger partial charge in [-0.1, -0.05) is 25.0 Å². The van der Waals surface area contributed by atoms with E-state index in [1.54, 1.807) is 41.4 Å². The SMILES string of the molecule is Cn1c(=O)c2ccccc2n(Cc2cc(C(=O)N3CCN(C(=O)C4CCCC4)CC3)c(I)cn2)c1=O. The summed E-state index contributed by atoms with van der Waals surface area (Å²) in [6, 6.07) is 8.71. The van der Waals surface area contributed by atoms with E-state index >= 15 is 0 Å². The summed E-state index contributed by atoms with van der Waals surface area (Å²) in [6.07, 6.45) is 5.84. The Morgan fingerprint density at radius 2 is 1.69 bits per heavy atom. The minimum atomic E-state index is -0.435. The third-order valence-corrected chi connectivity index (χ3v) is 8.15. The first-order chi connectivity index (χ1) is 17.3. The Hall–Kier alpha value is -3.02. The van der Waals surface area contributed by atoms with Gasteiger partial charge in [0, 0.05) is 48.9 Å². The van der Waals surface area contributed by atoms with Crippen LogP contribution in [0.15, 0.2) is 46.1 Å². The Labute approximate surface area is 221 Å². The molecule has 1 aliphatic carbocycles. The van der Waals surface area contributed by atoms with Crippen molar-refractivity contribution < 1.29 is 9.59 Å². The number of halogens is 1. The highest BCUT2D eigenvalue weighted by atomic mass is 127. The standard InChI is InChI=1S/C26H28IN5O4/c1-29-24(34)19-8-4-5-9-22(19)32(26(29)36)16-18-14-20(21(27)15-28-18)25(35)31-12-10-30(11-13-31)23(33)17-6-2-3-7-17/h4-5,8-9,14-15,17H,2-3,6-7,10-13,16H2,1H3. The summed E-state index contributed by atoms with van der Waals surface area (Å²) < 4.78 is 3.32. The van der Waals surface area contributed by atoms with Gasteiger partial charge in [-0.05, 0) is 53.6 Å². The second-order valence-electron chi connectivity index (χ2n) is 9.50. The Kier molecular flexibility index (Phi) is 6.96. The molecule has 0 atom stereocenters. The van der Waals surface area contributed by atoms with Crippen molar-refractivity contribution in [3.8, 4) is 0 Å². The molecule has 2 aliphatic rings. The molecule has 0 spiro atoms. The Morgan fingerprint density at radius 3 is 2.42 bits per heavy atom. The van der Waals surface area contributed by atoms with Crippen LogP contribution >= 0.6 is 22.6 Å². The van der Waals surface area contributed by atoms with E-state index in [0.29, 0.717) is 48.3 Å². The lowest BCUT2D eigenvalue weighted by Crippen LogP contribution is -2.51. The van der Waals surface area contributed by atoms with Crippen LogP contribution in [0.2, 0.25) is 0 Å². The zero-order valence-corrected chi connectivity index (χ0v) is 22.3. The lowest BCUT2D eigenvalue weighted by Gasteiger charge is -2.36. The van der Waals surface area contributed by atoms with E-state index in [9.17, 15) is 19.2 Å². The second kappa shape index (κ2) is 10.2. The molecular formula is C26H28IN5O4. The number of aromatic nitrogens is 3. The molecular weight excluding hydrogens is 573 g/mol. The highest BCUT2D eigenvalue weighted by Gasteiger charge is 2.31. The number of amides is 2. The van der Waals surface area contributed by atoms with Crippen molar-refractivity contribution in [2.75, 3.05) is 26.2 Å². The molecule has 1 saturated carbocycles. The van der Waals surface area contributed by atoms with Crippen molar-refractivity contribution in [3.63, 3.8) is 0 Å². The summed E-state index contributed by atoms with van der Waals surface area (Å²) in [5.74, 6) is 0.275. The molecule has 1 aliphatic heterocycles. The first-order valence-corrected chi connectivity index (χ1v) is 13.3. The van der Waals surface area contributed by atoms with E-state index < -0.39 is 5.69 Å². The molecule has 188 valence electrons. The predicted octanol–water partition coefficient (Wildman–Crippen LogP) is 2.22. The molecule has 9 nitrogen and oxygen atoms in total. The third kappa shape index (κ3) is 4.58. The van der Waals surface area contributed by atoms with Gasteiger partial charge in [0.1, 0.15) is 0 Å². The lowest BCUT2D eigenvalue weighted by molar-refractivity contribution is -0.136. The van der Waals surface area contributed by atoms with Gasteiger partial charge in [0.25, 0.3) is 11.5 Å². The normalized spacial score (nSPS) is 16.6. The van der Waals surface area contributed by atoms with Crippen molar-refractivity contribution in [1.82, 2.24) is 23.9 Å². The average Bonchev–Trinajstić information content (AvgIpc) is 3.45. The monoisotopic (exact) mass is 601 g/mol. The largest absolute Gasteiger partial charge is 0.339 e. The molecule has 2 aromatic heterocycles. The van der Waals surface area contributed by atoms with Crippen LogP contribution in [0.25, 0.3) is 10.9 Å². The van der Waals surface area contributed by atoms with Crippen molar-refractivity contribution in [3.05, 3.63) is 72.2 Å². The van der Waals surface area contributed by atoms with Crippen LogP contribution in [0.4, 0.5) is 0 Å². The van der Waals surface area contributed by atoms with Crippen LogP contribution in [0.1, 0.15) is 41.7 Å². The van der Waals surface area contributed by atoms with Crippen molar-refractivity contribution in [2.24, 2.45) is 13.0 Å². The first-order valence-electron chi connectivity index (χ1n) is 12.3. The van der Waals surface area contributed by atoms with Gasteiger partial charge in [-0.2, -0.15) is 0 Å². The maximum Gasteiger partial charge on any atom is 0.331 e. The molecule has 5 rings (SSSR count). The van der Waals surface area contributed by atoms with Crippen molar-refractivity contribution >= 4 is 45.3 Å². The lowest BCUT2D eigenvalue weighted by atomic mass is 10.1. The molecule has 2 amide bonds. The summed E-state index contributed by atoms with van der Waals surface area (Å²) in [7, 11) is 1.46. The van der Waals surface area contributed by atoms with Gasteiger partial charge in [-0.15, -0.1) is 0 Å². The van der Waals surface area contributed by atoms with E-state index in [4.69, 9.17) is 0 Å². The predicted molar refractivity (Wildman–Crippen MR) is 144 cm³/mol. The van der Waals surface area contributed by atoms with Crippen LogP contribution in [-0.2, 0) is 18.4 Å². The van der Waals surface area contributed by atoms with Crippen LogP contribution in [0, 0.1) is 9.49 Å². The fraction of sp³-hybridized carbons (Fsp3) is 0.423. The highest BCUT2D eigenvalue weighted by molar-refractivity contribution is 14.1. The number of nitrogens with zero attached hydrogens (tertiary/aromatic N) is 5. The molecule has 3 heterocycles. The van der Waals surface area contributed by atoms with E-state index in [2.05, 4.69) is 27.6 Å². The number of hydrogen-bond acceptors (Lipinski definition) is 5. The number of pyridine rings is 1. The molecule has 10 heteroatoms. The molecule has 36 heavy (non-hydrogen) atoms. The van der Waals surface area contributed by atoms with E-state index in [-0.39, 0.29) is 29.8 Å². The van der Waals surface area contributed by atoms with Crippen molar-refractivity contribution in [2.45, 2.75) is 32.2 Å². The van der Waals surface area contributed by atoms with E-state index in [1.165, 1.54) is 11.6 Å². The molecule has 2 fully saturated rings. The minimum absolute atomic E-state index is 0.103. The number of fused-ring (bicyclic) bond motifs is 1. The fourth-order valence-electron chi connectivity index (χ4n) is 5.22. The quantitative estimate of drug-likeness (QED) is 0.428. The number of rotatable bonds is 4. The topological polar surface area (TPSA) is 97.5 Å².